The predicted molar refractivity (Wildman–Crippen MR) is 79.5 cm³/mol. The van der Waals surface area contributed by atoms with Gasteiger partial charge in [0, 0.05) is 19.1 Å². The van der Waals surface area contributed by atoms with Gasteiger partial charge in [-0.1, -0.05) is 25.5 Å². The fourth-order valence-corrected chi connectivity index (χ4v) is 3.16. The van der Waals surface area contributed by atoms with Gasteiger partial charge in [-0.2, -0.15) is 8.78 Å². The molecule has 2 unspecified atom stereocenters. The van der Waals surface area contributed by atoms with E-state index in [9.17, 15) is 8.78 Å². The van der Waals surface area contributed by atoms with Gasteiger partial charge in [-0.3, -0.25) is 4.90 Å². The average Bonchev–Trinajstić information content (AvgIpc) is 2.90. The van der Waals surface area contributed by atoms with Gasteiger partial charge in [0.1, 0.15) is 5.75 Å². The lowest BCUT2D eigenvalue weighted by Gasteiger charge is -2.27. The lowest BCUT2D eigenvalue weighted by Crippen LogP contribution is -2.32. The van der Waals surface area contributed by atoms with E-state index in [1.165, 1.54) is 19.3 Å². The molecule has 1 aliphatic heterocycles. The van der Waals surface area contributed by atoms with Gasteiger partial charge in [0.05, 0.1) is 0 Å². The molecular formula is C16H24F2N2O. The summed E-state index contributed by atoms with van der Waals surface area (Å²) in [4.78, 5) is 2.41. The SMILES string of the molecule is CCCC1CCN(C(CN)c2ccc(OC(F)F)cc2)C1. The quantitative estimate of drug-likeness (QED) is 0.838. The van der Waals surface area contributed by atoms with Gasteiger partial charge < -0.3 is 10.5 Å². The van der Waals surface area contributed by atoms with E-state index in [4.69, 9.17) is 5.73 Å². The van der Waals surface area contributed by atoms with Crippen LogP contribution in [0.15, 0.2) is 24.3 Å². The van der Waals surface area contributed by atoms with Crippen LogP contribution in [0.1, 0.15) is 37.8 Å². The monoisotopic (exact) mass is 298 g/mol. The Bertz CT molecular complexity index is 425. The Morgan fingerprint density at radius 2 is 2.05 bits per heavy atom. The van der Waals surface area contributed by atoms with Gasteiger partial charge in [-0.15, -0.1) is 0 Å². The van der Waals surface area contributed by atoms with Crippen molar-refractivity contribution in [3.05, 3.63) is 29.8 Å². The third-order valence-corrected chi connectivity index (χ3v) is 4.17. The molecule has 0 aromatic heterocycles. The van der Waals surface area contributed by atoms with Crippen molar-refractivity contribution in [1.82, 2.24) is 4.90 Å². The van der Waals surface area contributed by atoms with Gasteiger partial charge in [0.15, 0.2) is 0 Å². The summed E-state index contributed by atoms with van der Waals surface area (Å²) in [5, 5.41) is 0. The number of alkyl halides is 2. The summed E-state index contributed by atoms with van der Waals surface area (Å²) in [5.41, 5.74) is 7.00. The first-order valence-electron chi connectivity index (χ1n) is 7.63. The molecule has 1 heterocycles. The van der Waals surface area contributed by atoms with E-state index >= 15 is 0 Å². The highest BCUT2D eigenvalue weighted by atomic mass is 19.3. The van der Waals surface area contributed by atoms with Gasteiger partial charge >= 0.3 is 6.61 Å². The van der Waals surface area contributed by atoms with E-state index in [0.29, 0.717) is 6.54 Å². The second-order valence-electron chi connectivity index (χ2n) is 5.64. The molecule has 2 atom stereocenters. The van der Waals surface area contributed by atoms with Crippen LogP contribution >= 0.6 is 0 Å². The summed E-state index contributed by atoms with van der Waals surface area (Å²) in [7, 11) is 0. The van der Waals surface area contributed by atoms with Crippen LogP contribution in [0.4, 0.5) is 8.78 Å². The van der Waals surface area contributed by atoms with Crippen molar-refractivity contribution in [3.63, 3.8) is 0 Å². The van der Waals surface area contributed by atoms with Crippen LogP contribution in [0.5, 0.6) is 5.75 Å². The van der Waals surface area contributed by atoms with Gasteiger partial charge in [-0.25, -0.2) is 0 Å². The highest BCUT2D eigenvalue weighted by Gasteiger charge is 2.27. The predicted octanol–water partition coefficient (Wildman–Crippen LogP) is 3.41. The largest absolute Gasteiger partial charge is 0.435 e. The van der Waals surface area contributed by atoms with Crippen LogP contribution in [-0.4, -0.2) is 31.1 Å². The van der Waals surface area contributed by atoms with Crippen molar-refractivity contribution in [1.29, 1.82) is 0 Å². The van der Waals surface area contributed by atoms with Crippen molar-refractivity contribution in [2.24, 2.45) is 11.7 Å². The molecule has 5 heteroatoms. The molecule has 1 aromatic carbocycles. The maximum Gasteiger partial charge on any atom is 0.387 e. The van der Waals surface area contributed by atoms with Crippen molar-refractivity contribution in [3.8, 4) is 5.75 Å². The summed E-state index contributed by atoms with van der Waals surface area (Å²) in [6.45, 7) is 2.10. The Morgan fingerprint density at radius 1 is 1.33 bits per heavy atom. The zero-order chi connectivity index (χ0) is 15.2. The molecule has 2 N–H and O–H groups in total. The molecule has 1 aliphatic rings. The maximum absolute atomic E-state index is 12.2. The van der Waals surface area contributed by atoms with Crippen LogP contribution in [0.3, 0.4) is 0 Å². The Labute approximate surface area is 125 Å². The van der Waals surface area contributed by atoms with Crippen molar-refractivity contribution in [2.75, 3.05) is 19.6 Å². The van der Waals surface area contributed by atoms with Crippen molar-refractivity contribution in [2.45, 2.75) is 38.8 Å². The summed E-state index contributed by atoms with van der Waals surface area (Å²) >= 11 is 0. The molecule has 3 nitrogen and oxygen atoms in total. The number of ether oxygens (including phenoxy) is 1. The Balaban J connectivity index is 2.00. The summed E-state index contributed by atoms with van der Waals surface area (Å²) in [6.07, 6.45) is 3.69. The second kappa shape index (κ2) is 7.71. The molecule has 1 fully saturated rings. The molecule has 0 spiro atoms. The number of benzene rings is 1. The number of hydrogen-bond acceptors (Lipinski definition) is 3. The zero-order valence-corrected chi connectivity index (χ0v) is 12.5. The van der Waals surface area contributed by atoms with E-state index in [1.807, 2.05) is 12.1 Å². The molecule has 21 heavy (non-hydrogen) atoms. The molecule has 2 rings (SSSR count). The van der Waals surface area contributed by atoms with E-state index in [1.54, 1.807) is 12.1 Å². The highest BCUT2D eigenvalue weighted by molar-refractivity contribution is 5.29. The van der Waals surface area contributed by atoms with E-state index in [0.717, 1.165) is 24.6 Å². The number of halogens is 2. The number of likely N-dealkylation sites (tertiary alicyclic amines) is 1. The smallest absolute Gasteiger partial charge is 0.387 e. The molecular weight excluding hydrogens is 274 g/mol. The number of rotatable bonds is 7. The van der Waals surface area contributed by atoms with Crippen LogP contribution < -0.4 is 10.5 Å². The third-order valence-electron chi connectivity index (χ3n) is 4.17. The molecule has 118 valence electrons. The normalized spacial score (nSPS) is 20.9. The molecule has 0 aliphatic carbocycles. The topological polar surface area (TPSA) is 38.5 Å². The summed E-state index contributed by atoms with van der Waals surface area (Å²) in [5.74, 6) is 0.945. The molecule has 1 saturated heterocycles. The van der Waals surface area contributed by atoms with E-state index in [-0.39, 0.29) is 11.8 Å². The lowest BCUT2D eigenvalue weighted by molar-refractivity contribution is -0.0498. The van der Waals surface area contributed by atoms with Crippen molar-refractivity contribution >= 4 is 0 Å². The standard InChI is InChI=1S/C16H24F2N2O/c1-2-3-12-8-9-20(11-12)15(10-19)13-4-6-14(7-5-13)21-16(17)18/h4-7,12,15-16H,2-3,8-11,19H2,1H3. The highest BCUT2D eigenvalue weighted by Crippen LogP contribution is 2.30. The fourth-order valence-electron chi connectivity index (χ4n) is 3.16. The number of nitrogens with two attached hydrogens (primary N) is 1. The van der Waals surface area contributed by atoms with Gasteiger partial charge in [0.2, 0.25) is 0 Å². The van der Waals surface area contributed by atoms with Gasteiger partial charge in [0.25, 0.3) is 0 Å². The summed E-state index contributed by atoms with van der Waals surface area (Å²) in [6, 6.07) is 7.01. The maximum atomic E-state index is 12.2. The van der Waals surface area contributed by atoms with Crippen LogP contribution in [0.25, 0.3) is 0 Å². The minimum absolute atomic E-state index is 0.160. The third kappa shape index (κ3) is 4.38. The summed E-state index contributed by atoms with van der Waals surface area (Å²) < 4.78 is 28.7. The number of hydrogen-bond donors (Lipinski definition) is 1. The first-order chi connectivity index (χ1) is 10.1. The van der Waals surface area contributed by atoms with Crippen LogP contribution in [0, 0.1) is 5.92 Å². The molecule has 0 amide bonds. The van der Waals surface area contributed by atoms with Crippen LogP contribution in [-0.2, 0) is 0 Å². The zero-order valence-electron chi connectivity index (χ0n) is 12.5. The Kier molecular flexibility index (Phi) is 5.94. The van der Waals surface area contributed by atoms with Crippen LogP contribution in [0.2, 0.25) is 0 Å². The van der Waals surface area contributed by atoms with Crippen molar-refractivity contribution < 1.29 is 13.5 Å². The van der Waals surface area contributed by atoms with E-state index in [2.05, 4.69) is 16.6 Å². The lowest BCUT2D eigenvalue weighted by atomic mass is 10.0. The first kappa shape index (κ1) is 16.2. The minimum atomic E-state index is -2.78. The Morgan fingerprint density at radius 3 is 2.62 bits per heavy atom. The molecule has 0 bridgehead atoms. The number of nitrogens with zero attached hydrogens (tertiary/aromatic N) is 1. The second-order valence-corrected chi connectivity index (χ2v) is 5.64. The molecule has 0 radical (unpaired) electrons. The average molecular weight is 298 g/mol. The molecule has 1 aromatic rings. The molecule has 0 saturated carbocycles. The first-order valence-corrected chi connectivity index (χ1v) is 7.63. The van der Waals surface area contributed by atoms with Gasteiger partial charge in [-0.05, 0) is 43.0 Å². The minimum Gasteiger partial charge on any atom is -0.435 e. The van der Waals surface area contributed by atoms with E-state index < -0.39 is 6.61 Å². The fraction of sp³-hybridized carbons (Fsp3) is 0.625. The Hall–Kier alpha value is -1.20.